The van der Waals surface area contributed by atoms with E-state index in [4.69, 9.17) is 9.84 Å². The molecule has 1 saturated carbocycles. The van der Waals surface area contributed by atoms with Crippen molar-refractivity contribution in [3.8, 4) is 5.69 Å². The zero-order chi connectivity index (χ0) is 19.3. The lowest BCUT2D eigenvalue weighted by Gasteiger charge is -2.54. The average Bonchev–Trinajstić information content (AvgIpc) is 3.25. The Bertz CT molecular complexity index is 900. The number of nitrogens with zero attached hydrogens (tertiary/aromatic N) is 2. The van der Waals surface area contributed by atoms with Crippen LogP contribution >= 0.6 is 0 Å². The molecule has 1 aromatic carbocycles. The molecule has 0 spiro atoms. The fraction of sp³-hybridized carbons (Fsp3) is 0.450. The highest BCUT2D eigenvalue weighted by atomic mass is 16.5. The van der Waals surface area contributed by atoms with E-state index in [0.717, 1.165) is 13.0 Å². The van der Waals surface area contributed by atoms with Gasteiger partial charge in [-0.05, 0) is 37.6 Å². The first kappa shape index (κ1) is 17.7. The highest BCUT2D eigenvalue weighted by molar-refractivity contribution is 5.94. The smallest absolute Gasteiger partial charge is 0.339 e. The van der Waals surface area contributed by atoms with Gasteiger partial charge in [-0.1, -0.05) is 13.8 Å². The molecule has 0 radical (unpaired) electrons. The summed E-state index contributed by atoms with van der Waals surface area (Å²) in [5, 5.41) is 16.4. The molecular formula is C20H23N3O4. The van der Waals surface area contributed by atoms with E-state index in [1.165, 1.54) is 6.20 Å². The van der Waals surface area contributed by atoms with Gasteiger partial charge in [-0.3, -0.25) is 4.79 Å². The van der Waals surface area contributed by atoms with Crippen molar-refractivity contribution in [1.29, 1.82) is 0 Å². The fourth-order valence-electron chi connectivity index (χ4n) is 4.48. The number of nitrogens with one attached hydrogen (secondary N) is 1. The Morgan fingerprint density at radius 2 is 2.00 bits per heavy atom. The number of hydrogen-bond acceptors (Lipinski definition) is 4. The molecule has 1 aromatic heterocycles. The van der Waals surface area contributed by atoms with Crippen LogP contribution in [0.5, 0.6) is 0 Å². The molecule has 4 rings (SSSR count). The van der Waals surface area contributed by atoms with Crippen LogP contribution in [0, 0.1) is 18.3 Å². The Balaban J connectivity index is 1.49. The Hall–Kier alpha value is -2.67. The first-order valence-corrected chi connectivity index (χ1v) is 9.11. The van der Waals surface area contributed by atoms with Crippen molar-refractivity contribution in [1.82, 2.24) is 15.1 Å². The number of rotatable bonds is 4. The van der Waals surface area contributed by atoms with Crippen LogP contribution < -0.4 is 5.32 Å². The minimum Gasteiger partial charge on any atom is -0.478 e. The van der Waals surface area contributed by atoms with Gasteiger partial charge >= 0.3 is 5.97 Å². The standard InChI is InChI=1S/C20H23N3O4/c1-11-15(19(25)26)10-21-23(11)13-6-4-12(5-7-13)18(24)22-16-14-8-9-27-17(14)20(16,2)3/h4-7,10,14,16-17H,8-9H2,1-3H3,(H,22,24)(H,25,26)/t14-,16+,17+/m0/s1. The van der Waals surface area contributed by atoms with Crippen molar-refractivity contribution in [3.05, 3.63) is 47.3 Å². The maximum absolute atomic E-state index is 12.7. The summed E-state index contributed by atoms with van der Waals surface area (Å²) in [5.74, 6) is -0.718. The van der Waals surface area contributed by atoms with Crippen molar-refractivity contribution in [2.75, 3.05) is 6.61 Å². The Kier molecular flexibility index (Phi) is 4.07. The number of hydrogen-bond donors (Lipinski definition) is 2. The van der Waals surface area contributed by atoms with E-state index in [-0.39, 0.29) is 29.0 Å². The molecule has 2 heterocycles. The first-order chi connectivity index (χ1) is 12.8. The molecule has 7 heteroatoms. The summed E-state index contributed by atoms with van der Waals surface area (Å²) in [6.45, 7) is 6.74. The van der Waals surface area contributed by atoms with E-state index >= 15 is 0 Å². The second-order valence-electron chi connectivity index (χ2n) is 7.92. The summed E-state index contributed by atoms with van der Waals surface area (Å²) in [4.78, 5) is 23.8. The van der Waals surface area contributed by atoms with Crippen LogP contribution in [0.4, 0.5) is 0 Å². The van der Waals surface area contributed by atoms with Crippen LogP contribution in [0.15, 0.2) is 30.5 Å². The highest BCUT2D eigenvalue weighted by Crippen LogP contribution is 2.52. The van der Waals surface area contributed by atoms with Gasteiger partial charge in [-0.25, -0.2) is 9.48 Å². The molecule has 1 aliphatic carbocycles. The number of aromatic nitrogens is 2. The van der Waals surface area contributed by atoms with E-state index in [1.54, 1.807) is 35.9 Å². The topological polar surface area (TPSA) is 93.5 Å². The Morgan fingerprint density at radius 1 is 1.30 bits per heavy atom. The molecule has 1 saturated heterocycles. The lowest BCUT2D eigenvalue weighted by molar-refractivity contribution is -0.108. The minimum atomic E-state index is -1.01. The number of fused-ring (bicyclic) bond motifs is 1. The van der Waals surface area contributed by atoms with Gasteiger partial charge in [0.2, 0.25) is 0 Å². The summed E-state index contributed by atoms with van der Waals surface area (Å²) < 4.78 is 7.33. The predicted octanol–water partition coefficient (Wildman–Crippen LogP) is 2.42. The van der Waals surface area contributed by atoms with Crippen LogP contribution in [-0.4, -0.2) is 45.5 Å². The summed E-state index contributed by atoms with van der Waals surface area (Å²) >= 11 is 0. The SMILES string of the molecule is Cc1c(C(=O)O)cnn1-c1ccc(C(=O)N[C@@H]2[C@@H]3CCO[C@H]3C2(C)C)cc1. The maximum atomic E-state index is 12.7. The van der Waals surface area contributed by atoms with Crippen molar-refractivity contribution in [2.24, 2.45) is 11.3 Å². The summed E-state index contributed by atoms with van der Waals surface area (Å²) in [6.07, 6.45) is 2.55. The van der Waals surface area contributed by atoms with Gasteiger partial charge in [0, 0.05) is 29.5 Å². The lowest BCUT2D eigenvalue weighted by atomic mass is 9.57. The van der Waals surface area contributed by atoms with E-state index in [2.05, 4.69) is 24.3 Å². The van der Waals surface area contributed by atoms with Gasteiger partial charge in [0.25, 0.3) is 5.91 Å². The largest absolute Gasteiger partial charge is 0.478 e. The molecule has 2 aliphatic rings. The second kappa shape index (κ2) is 6.20. The van der Waals surface area contributed by atoms with Gasteiger partial charge in [0.1, 0.15) is 5.56 Å². The monoisotopic (exact) mass is 369 g/mol. The number of amides is 1. The quantitative estimate of drug-likeness (QED) is 0.863. The molecule has 3 atom stereocenters. The van der Waals surface area contributed by atoms with E-state index in [9.17, 15) is 9.59 Å². The molecular weight excluding hydrogens is 346 g/mol. The third-order valence-corrected chi connectivity index (χ3v) is 6.00. The maximum Gasteiger partial charge on any atom is 0.339 e. The molecule has 1 amide bonds. The van der Waals surface area contributed by atoms with Crippen molar-refractivity contribution < 1.29 is 19.4 Å². The van der Waals surface area contributed by atoms with Gasteiger partial charge in [0.15, 0.2) is 0 Å². The number of benzene rings is 1. The van der Waals surface area contributed by atoms with E-state index in [0.29, 0.717) is 22.9 Å². The number of carboxylic acids is 1. The number of carbonyl (C=O) groups is 2. The van der Waals surface area contributed by atoms with Crippen LogP contribution in [-0.2, 0) is 4.74 Å². The molecule has 0 unspecified atom stereocenters. The van der Waals surface area contributed by atoms with Crippen LogP contribution in [0.2, 0.25) is 0 Å². The third kappa shape index (κ3) is 2.73. The second-order valence-corrected chi connectivity index (χ2v) is 7.92. The van der Waals surface area contributed by atoms with E-state index < -0.39 is 5.97 Å². The molecule has 7 nitrogen and oxygen atoms in total. The Labute approximate surface area is 157 Å². The summed E-state index contributed by atoms with van der Waals surface area (Å²) in [5.41, 5.74) is 1.93. The number of ether oxygens (including phenoxy) is 1. The minimum absolute atomic E-state index is 0.0594. The van der Waals surface area contributed by atoms with Crippen molar-refractivity contribution in [2.45, 2.75) is 39.3 Å². The normalized spacial score (nSPS) is 25.5. The zero-order valence-corrected chi connectivity index (χ0v) is 15.6. The molecule has 0 bridgehead atoms. The van der Waals surface area contributed by atoms with Gasteiger partial charge < -0.3 is 15.2 Å². The summed E-state index contributed by atoms with van der Waals surface area (Å²) in [6, 6.07) is 7.13. The highest BCUT2D eigenvalue weighted by Gasteiger charge is 2.59. The predicted molar refractivity (Wildman–Crippen MR) is 98.1 cm³/mol. The van der Waals surface area contributed by atoms with Gasteiger partial charge in [-0.2, -0.15) is 5.10 Å². The third-order valence-electron chi connectivity index (χ3n) is 6.00. The number of carbonyl (C=O) groups excluding carboxylic acids is 1. The van der Waals surface area contributed by atoms with Crippen LogP contribution in [0.25, 0.3) is 5.69 Å². The van der Waals surface area contributed by atoms with Gasteiger partial charge in [0.05, 0.1) is 23.7 Å². The fourth-order valence-corrected chi connectivity index (χ4v) is 4.48. The molecule has 2 N–H and O–H groups in total. The molecule has 2 fully saturated rings. The molecule has 1 aliphatic heterocycles. The molecule has 27 heavy (non-hydrogen) atoms. The summed E-state index contributed by atoms with van der Waals surface area (Å²) in [7, 11) is 0. The number of carboxylic acid groups (broad SMARTS) is 1. The Morgan fingerprint density at radius 3 is 2.63 bits per heavy atom. The lowest BCUT2D eigenvalue weighted by Crippen LogP contribution is -2.66. The van der Waals surface area contributed by atoms with Crippen LogP contribution in [0.1, 0.15) is 46.7 Å². The molecule has 2 aromatic rings. The van der Waals surface area contributed by atoms with E-state index in [1.807, 2.05) is 0 Å². The van der Waals surface area contributed by atoms with Crippen LogP contribution in [0.3, 0.4) is 0 Å². The van der Waals surface area contributed by atoms with Crippen molar-refractivity contribution >= 4 is 11.9 Å². The average molecular weight is 369 g/mol. The zero-order valence-electron chi connectivity index (χ0n) is 15.6. The molecule has 142 valence electrons. The van der Waals surface area contributed by atoms with Gasteiger partial charge in [-0.15, -0.1) is 0 Å². The van der Waals surface area contributed by atoms with Crippen molar-refractivity contribution in [3.63, 3.8) is 0 Å². The first-order valence-electron chi connectivity index (χ1n) is 9.11. The number of aromatic carboxylic acids is 1.